The fourth-order valence-electron chi connectivity index (χ4n) is 2.78. The highest BCUT2D eigenvalue weighted by atomic mass is 32.2. The number of fused-ring (bicyclic) bond motifs is 1. The molecule has 0 bridgehead atoms. The van der Waals surface area contributed by atoms with Crippen LogP contribution in [0, 0.1) is 5.82 Å². The number of aryl methyl sites for hydroxylation is 1. The molecule has 1 N–H and O–H groups in total. The highest BCUT2D eigenvalue weighted by Gasteiger charge is 2.26. The maximum atomic E-state index is 14.3. The maximum absolute atomic E-state index is 14.3. The van der Waals surface area contributed by atoms with Gasteiger partial charge in [-0.1, -0.05) is 13.3 Å². The van der Waals surface area contributed by atoms with E-state index in [-0.39, 0.29) is 29.3 Å². The molecule has 2 aromatic carbocycles. The number of ether oxygens (including phenoxy) is 1. The van der Waals surface area contributed by atoms with Crippen LogP contribution in [0.3, 0.4) is 0 Å². The predicted molar refractivity (Wildman–Crippen MR) is 103 cm³/mol. The molecule has 1 heterocycles. The Morgan fingerprint density at radius 2 is 1.90 bits per heavy atom. The molecule has 2 aromatic rings. The van der Waals surface area contributed by atoms with E-state index in [4.69, 9.17) is 8.92 Å². The van der Waals surface area contributed by atoms with Crippen molar-refractivity contribution < 1.29 is 31.3 Å². The fraction of sp³-hybridized carbons (Fsp3) is 0.300. The molecule has 1 amide bonds. The molecule has 0 saturated carbocycles. The van der Waals surface area contributed by atoms with E-state index in [1.807, 2.05) is 6.92 Å². The van der Waals surface area contributed by atoms with Crippen LogP contribution >= 0.6 is 0 Å². The topological polar surface area (TPSA) is 98.8 Å². The van der Waals surface area contributed by atoms with E-state index in [1.54, 1.807) is 0 Å². The SMILES string of the molecule is CCCCOC(=O)c1ccc(OS(=O)(=O)c2cc3c(cc2F)NC(=O)CC3)cc1. The molecule has 29 heavy (non-hydrogen) atoms. The zero-order chi connectivity index (χ0) is 21.0. The van der Waals surface area contributed by atoms with Crippen LogP contribution in [0.2, 0.25) is 0 Å². The molecule has 0 spiro atoms. The normalized spacial score (nSPS) is 13.4. The van der Waals surface area contributed by atoms with Gasteiger partial charge in [-0.15, -0.1) is 0 Å². The molecule has 3 rings (SSSR count). The Balaban J connectivity index is 1.76. The van der Waals surface area contributed by atoms with Gasteiger partial charge >= 0.3 is 16.1 Å². The predicted octanol–water partition coefficient (Wildman–Crippen LogP) is 3.44. The lowest BCUT2D eigenvalue weighted by atomic mass is 10.0. The Hall–Kier alpha value is -2.94. The van der Waals surface area contributed by atoms with Crippen molar-refractivity contribution in [1.29, 1.82) is 0 Å². The third kappa shape index (κ3) is 4.92. The second-order valence-corrected chi connectivity index (χ2v) is 8.05. The summed E-state index contributed by atoms with van der Waals surface area (Å²) in [5.41, 5.74) is 1.02. The molecule has 154 valence electrons. The zero-order valence-corrected chi connectivity index (χ0v) is 16.6. The number of amides is 1. The van der Waals surface area contributed by atoms with Crippen LogP contribution < -0.4 is 9.50 Å². The summed E-state index contributed by atoms with van der Waals surface area (Å²) in [4.78, 5) is 22.7. The molecule has 1 aliphatic heterocycles. The number of esters is 1. The van der Waals surface area contributed by atoms with E-state index in [2.05, 4.69) is 5.32 Å². The van der Waals surface area contributed by atoms with Crippen molar-refractivity contribution in [3.05, 3.63) is 53.3 Å². The summed E-state index contributed by atoms with van der Waals surface area (Å²) in [7, 11) is -4.45. The molecule has 0 fully saturated rings. The van der Waals surface area contributed by atoms with E-state index < -0.39 is 26.8 Å². The summed E-state index contributed by atoms with van der Waals surface area (Å²) in [5.74, 6) is -1.87. The first-order chi connectivity index (χ1) is 13.8. The molecule has 0 radical (unpaired) electrons. The van der Waals surface area contributed by atoms with Gasteiger partial charge in [-0.05, 0) is 54.8 Å². The van der Waals surface area contributed by atoms with Crippen molar-refractivity contribution in [3.63, 3.8) is 0 Å². The highest BCUT2D eigenvalue weighted by Crippen LogP contribution is 2.29. The quantitative estimate of drug-likeness (QED) is 0.418. The minimum absolute atomic E-state index is 0.0690. The third-order valence-corrected chi connectivity index (χ3v) is 5.61. The molecular weight excluding hydrogens is 401 g/mol. The van der Waals surface area contributed by atoms with Gasteiger partial charge in [0.05, 0.1) is 12.2 Å². The number of unbranched alkanes of at least 4 members (excludes halogenated alkanes) is 1. The lowest BCUT2D eigenvalue weighted by molar-refractivity contribution is -0.116. The van der Waals surface area contributed by atoms with Crippen molar-refractivity contribution in [3.8, 4) is 5.75 Å². The largest absolute Gasteiger partial charge is 0.462 e. The second-order valence-electron chi connectivity index (χ2n) is 6.54. The number of halogens is 1. The Kier molecular flexibility index (Phi) is 6.17. The summed E-state index contributed by atoms with van der Waals surface area (Å²) in [6.45, 7) is 2.28. The van der Waals surface area contributed by atoms with Crippen molar-refractivity contribution >= 4 is 27.7 Å². The van der Waals surface area contributed by atoms with Crippen molar-refractivity contribution in [2.24, 2.45) is 0 Å². The van der Waals surface area contributed by atoms with Gasteiger partial charge in [-0.2, -0.15) is 8.42 Å². The zero-order valence-electron chi connectivity index (χ0n) is 15.7. The number of benzene rings is 2. The summed E-state index contributed by atoms with van der Waals surface area (Å²) in [6, 6.07) is 7.47. The van der Waals surface area contributed by atoms with Crippen LogP contribution in [0.15, 0.2) is 41.3 Å². The van der Waals surface area contributed by atoms with Crippen LogP contribution in [-0.2, 0) is 26.1 Å². The van der Waals surface area contributed by atoms with Crippen LogP contribution in [0.1, 0.15) is 42.1 Å². The van der Waals surface area contributed by atoms with E-state index in [1.165, 1.54) is 30.3 Å². The first-order valence-electron chi connectivity index (χ1n) is 9.14. The van der Waals surface area contributed by atoms with Crippen LogP contribution in [0.25, 0.3) is 0 Å². The van der Waals surface area contributed by atoms with E-state index >= 15 is 0 Å². The van der Waals surface area contributed by atoms with Gasteiger partial charge in [-0.25, -0.2) is 9.18 Å². The Bertz CT molecular complexity index is 1030. The molecule has 0 atom stereocenters. The van der Waals surface area contributed by atoms with Gasteiger partial charge in [0.1, 0.15) is 16.5 Å². The third-order valence-electron chi connectivity index (χ3n) is 4.35. The summed E-state index contributed by atoms with van der Waals surface area (Å²) < 4.78 is 49.5. The summed E-state index contributed by atoms with van der Waals surface area (Å²) in [6.07, 6.45) is 2.14. The fourth-order valence-corrected chi connectivity index (χ4v) is 3.82. The number of nitrogens with one attached hydrogen (secondary N) is 1. The smallest absolute Gasteiger partial charge is 0.342 e. The summed E-state index contributed by atoms with van der Waals surface area (Å²) in [5, 5.41) is 2.51. The van der Waals surface area contributed by atoms with Crippen LogP contribution in [-0.4, -0.2) is 26.9 Å². The molecule has 7 nitrogen and oxygen atoms in total. The average Bonchev–Trinajstić information content (AvgIpc) is 2.67. The number of hydrogen-bond donors (Lipinski definition) is 1. The van der Waals surface area contributed by atoms with Crippen molar-refractivity contribution in [2.45, 2.75) is 37.5 Å². The Labute approximate surface area is 168 Å². The van der Waals surface area contributed by atoms with Gasteiger partial charge < -0.3 is 14.2 Å². The molecule has 9 heteroatoms. The minimum Gasteiger partial charge on any atom is -0.462 e. The lowest BCUT2D eigenvalue weighted by Gasteiger charge is -2.18. The summed E-state index contributed by atoms with van der Waals surface area (Å²) >= 11 is 0. The standard InChI is InChI=1S/C20H20FNO6S/c1-2-3-10-27-20(24)13-4-7-15(8-5-13)28-29(25,26)18-11-14-6-9-19(23)22-17(14)12-16(18)21/h4-5,7-8,11-12H,2-3,6,9-10H2,1H3,(H,22,23). The van der Waals surface area contributed by atoms with Crippen LogP contribution in [0.5, 0.6) is 5.75 Å². The van der Waals surface area contributed by atoms with Crippen LogP contribution in [0.4, 0.5) is 10.1 Å². The number of carbonyl (C=O) groups is 2. The monoisotopic (exact) mass is 421 g/mol. The molecule has 0 saturated heterocycles. The Morgan fingerprint density at radius 1 is 1.17 bits per heavy atom. The number of anilines is 1. The molecular formula is C20H20FNO6S. The second kappa shape index (κ2) is 8.60. The average molecular weight is 421 g/mol. The van der Waals surface area contributed by atoms with E-state index in [0.29, 0.717) is 18.6 Å². The first-order valence-corrected chi connectivity index (χ1v) is 10.5. The van der Waals surface area contributed by atoms with Crippen molar-refractivity contribution in [2.75, 3.05) is 11.9 Å². The number of carbonyl (C=O) groups excluding carboxylic acids is 2. The highest BCUT2D eigenvalue weighted by molar-refractivity contribution is 7.87. The van der Waals surface area contributed by atoms with E-state index in [9.17, 15) is 22.4 Å². The van der Waals surface area contributed by atoms with Crippen molar-refractivity contribution in [1.82, 2.24) is 0 Å². The molecule has 1 aliphatic rings. The van der Waals surface area contributed by atoms with Gasteiger partial charge in [-0.3, -0.25) is 4.79 Å². The number of rotatable bonds is 7. The van der Waals surface area contributed by atoms with Gasteiger partial charge in [0, 0.05) is 12.1 Å². The molecule has 0 aromatic heterocycles. The minimum atomic E-state index is -4.45. The molecule has 0 aliphatic carbocycles. The first kappa shape index (κ1) is 20.8. The van der Waals surface area contributed by atoms with Gasteiger partial charge in [0.25, 0.3) is 0 Å². The lowest BCUT2D eigenvalue weighted by Crippen LogP contribution is -2.20. The maximum Gasteiger partial charge on any atom is 0.342 e. The molecule has 0 unspecified atom stereocenters. The van der Waals surface area contributed by atoms with Gasteiger partial charge in [0.2, 0.25) is 5.91 Å². The Morgan fingerprint density at radius 3 is 2.59 bits per heavy atom. The van der Waals surface area contributed by atoms with E-state index in [0.717, 1.165) is 18.9 Å². The number of hydrogen-bond acceptors (Lipinski definition) is 6. The van der Waals surface area contributed by atoms with Gasteiger partial charge in [0.15, 0.2) is 0 Å².